The summed E-state index contributed by atoms with van der Waals surface area (Å²) in [6.45, 7) is 7.82. The second-order valence-corrected chi connectivity index (χ2v) is 7.58. The lowest BCUT2D eigenvalue weighted by Gasteiger charge is -2.15. The summed E-state index contributed by atoms with van der Waals surface area (Å²) in [5, 5.41) is 11.0. The summed E-state index contributed by atoms with van der Waals surface area (Å²) in [5.74, 6) is 2.47. The number of rotatable bonds is 8. The van der Waals surface area contributed by atoms with Gasteiger partial charge in [-0.05, 0) is 12.1 Å². The average molecular weight is 489 g/mol. The minimum Gasteiger partial charge on any atom is -0.356 e. The van der Waals surface area contributed by atoms with Gasteiger partial charge in [-0.1, -0.05) is 44.1 Å². The topological polar surface area (TPSA) is 75.3 Å². The Morgan fingerprint density at radius 1 is 1.19 bits per heavy atom. The van der Waals surface area contributed by atoms with Crippen molar-refractivity contribution in [1.82, 2.24) is 20.8 Å². The molecule has 0 radical (unpaired) electrons. The molecule has 0 saturated heterocycles. The van der Waals surface area contributed by atoms with E-state index < -0.39 is 0 Å². The molecule has 0 saturated carbocycles. The van der Waals surface area contributed by atoms with Crippen LogP contribution in [0.15, 0.2) is 44.7 Å². The maximum absolute atomic E-state index is 5.24. The van der Waals surface area contributed by atoms with Gasteiger partial charge in [0.1, 0.15) is 0 Å². The first-order valence-electron chi connectivity index (χ1n) is 8.57. The zero-order valence-corrected chi connectivity index (χ0v) is 18.9. The highest BCUT2D eigenvalue weighted by Gasteiger charge is 2.10. The van der Waals surface area contributed by atoms with Gasteiger partial charge in [-0.25, -0.2) is 0 Å². The highest BCUT2D eigenvalue weighted by Crippen LogP contribution is 2.21. The molecule has 144 valence electrons. The van der Waals surface area contributed by atoms with Crippen LogP contribution >= 0.6 is 35.7 Å². The number of hydrogen-bond acceptors (Lipinski definition) is 5. The summed E-state index contributed by atoms with van der Waals surface area (Å²) < 4.78 is 5.24. The number of nitrogens with one attached hydrogen (secondary N) is 2. The van der Waals surface area contributed by atoms with E-state index in [0.29, 0.717) is 24.1 Å². The van der Waals surface area contributed by atoms with Crippen LogP contribution in [-0.4, -0.2) is 41.5 Å². The Bertz CT molecular complexity index is 663. The van der Waals surface area contributed by atoms with Gasteiger partial charge in [0.25, 0.3) is 0 Å². The van der Waals surface area contributed by atoms with Gasteiger partial charge in [0.15, 0.2) is 11.8 Å². The molecule has 0 aliphatic rings. The zero-order valence-electron chi connectivity index (χ0n) is 15.7. The molecule has 0 aliphatic heterocycles. The van der Waals surface area contributed by atoms with E-state index in [1.165, 1.54) is 4.90 Å². The smallest absolute Gasteiger partial charge is 0.228 e. The Kier molecular flexibility index (Phi) is 10.6. The molecule has 1 aromatic carbocycles. The Morgan fingerprint density at radius 2 is 1.92 bits per heavy atom. The molecule has 1 aromatic heterocycles. The first-order chi connectivity index (χ1) is 12.1. The van der Waals surface area contributed by atoms with Gasteiger partial charge in [-0.3, -0.25) is 4.99 Å². The van der Waals surface area contributed by atoms with E-state index in [1.807, 2.05) is 31.7 Å². The van der Waals surface area contributed by atoms with Gasteiger partial charge in [0, 0.05) is 42.6 Å². The van der Waals surface area contributed by atoms with E-state index in [-0.39, 0.29) is 29.9 Å². The summed E-state index contributed by atoms with van der Waals surface area (Å²) in [5.41, 5.74) is 0. The third-order valence-corrected chi connectivity index (χ3v) is 4.61. The third-order valence-electron chi connectivity index (χ3n) is 3.49. The van der Waals surface area contributed by atoms with E-state index in [9.17, 15) is 0 Å². The SMILES string of the molecule is CN=C(NCCc1nc(C(C)C)no1)NCC(C)Sc1ccccc1.I. The van der Waals surface area contributed by atoms with E-state index in [4.69, 9.17) is 4.52 Å². The minimum absolute atomic E-state index is 0. The van der Waals surface area contributed by atoms with E-state index >= 15 is 0 Å². The number of aromatic nitrogens is 2. The maximum atomic E-state index is 5.24. The van der Waals surface area contributed by atoms with Crippen LogP contribution in [0.4, 0.5) is 0 Å². The van der Waals surface area contributed by atoms with E-state index in [0.717, 1.165) is 18.3 Å². The van der Waals surface area contributed by atoms with Crippen molar-refractivity contribution >= 4 is 41.7 Å². The first-order valence-corrected chi connectivity index (χ1v) is 9.45. The maximum Gasteiger partial charge on any atom is 0.228 e. The fraction of sp³-hybridized carbons (Fsp3) is 0.500. The zero-order chi connectivity index (χ0) is 18.1. The molecule has 2 rings (SSSR count). The summed E-state index contributed by atoms with van der Waals surface area (Å²) in [6.07, 6.45) is 0.675. The predicted octanol–water partition coefficient (Wildman–Crippen LogP) is 3.70. The average Bonchev–Trinajstić information content (AvgIpc) is 3.08. The highest BCUT2D eigenvalue weighted by atomic mass is 127. The normalized spacial score (nSPS) is 12.6. The Balaban J connectivity index is 0.00000338. The fourth-order valence-corrected chi connectivity index (χ4v) is 3.07. The van der Waals surface area contributed by atoms with Crippen molar-refractivity contribution < 1.29 is 4.52 Å². The van der Waals surface area contributed by atoms with Crippen molar-refractivity contribution in [3.8, 4) is 0 Å². The standard InChI is InChI=1S/C18H27N5OS.HI/c1-13(2)17-22-16(24-23-17)10-11-20-18(19-4)21-12-14(3)25-15-8-6-5-7-9-15;/h5-9,13-14H,10-12H2,1-4H3,(H2,19,20,21);1H. The van der Waals surface area contributed by atoms with Crippen LogP contribution in [0.5, 0.6) is 0 Å². The molecular weight excluding hydrogens is 461 g/mol. The first kappa shape index (κ1) is 22.8. The van der Waals surface area contributed by atoms with Crippen LogP contribution in [0.25, 0.3) is 0 Å². The number of guanidine groups is 1. The lowest BCUT2D eigenvalue weighted by Crippen LogP contribution is -2.40. The third kappa shape index (κ3) is 7.94. The van der Waals surface area contributed by atoms with Gasteiger partial charge < -0.3 is 15.2 Å². The largest absolute Gasteiger partial charge is 0.356 e. The van der Waals surface area contributed by atoms with Crippen molar-refractivity contribution in [2.24, 2.45) is 4.99 Å². The van der Waals surface area contributed by atoms with Crippen molar-refractivity contribution in [2.75, 3.05) is 20.1 Å². The van der Waals surface area contributed by atoms with Crippen LogP contribution in [0.1, 0.15) is 38.4 Å². The summed E-state index contributed by atoms with van der Waals surface area (Å²) in [4.78, 5) is 9.90. The van der Waals surface area contributed by atoms with Crippen molar-refractivity contribution in [3.63, 3.8) is 0 Å². The molecule has 6 nitrogen and oxygen atoms in total. The lowest BCUT2D eigenvalue weighted by molar-refractivity contribution is 0.371. The summed E-state index contributed by atoms with van der Waals surface area (Å²) >= 11 is 1.84. The van der Waals surface area contributed by atoms with Crippen LogP contribution in [0, 0.1) is 0 Å². The van der Waals surface area contributed by atoms with Crippen LogP contribution in [0.2, 0.25) is 0 Å². The number of benzene rings is 1. The molecule has 1 heterocycles. The Hall–Kier alpha value is -1.29. The van der Waals surface area contributed by atoms with Gasteiger partial charge in [-0.15, -0.1) is 35.7 Å². The second kappa shape index (κ2) is 12.2. The highest BCUT2D eigenvalue weighted by molar-refractivity contribution is 14.0. The van der Waals surface area contributed by atoms with E-state index in [1.54, 1.807) is 7.05 Å². The number of nitrogens with zero attached hydrogens (tertiary/aromatic N) is 3. The Morgan fingerprint density at radius 3 is 2.54 bits per heavy atom. The van der Waals surface area contributed by atoms with Crippen LogP contribution in [-0.2, 0) is 6.42 Å². The molecule has 0 bridgehead atoms. The van der Waals surface area contributed by atoms with Gasteiger partial charge in [0.05, 0.1) is 0 Å². The fourth-order valence-electron chi connectivity index (χ4n) is 2.13. The molecule has 1 unspecified atom stereocenters. The molecule has 8 heteroatoms. The summed E-state index contributed by atoms with van der Waals surface area (Å²) in [6, 6.07) is 10.4. The van der Waals surface area contributed by atoms with Gasteiger partial charge in [0.2, 0.25) is 5.89 Å². The second-order valence-electron chi connectivity index (χ2n) is 6.07. The molecule has 1 atom stereocenters. The molecule has 2 N–H and O–H groups in total. The van der Waals surface area contributed by atoms with Gasteiger partial charge >= 0.3 is 0 Å². The van der Waals surface area contributed by atoms with Crippen LogP contribution in [0.3, 0.4) is 0 Å². The molecule has 2 aromatic rings. The number of thioether (sulfide) groups is 1. The molecule has 0 amide bonds. The summed E-state index contributed by atoms with van der Waals surface area (Å²) in [7, 11) is 1.77. The quantitative estimate of drug-likeness (QED) is 0.255. The monoisotopic (exact) mass is 489 g/mol. The van der Waals surface area contributed by atoms with E-state index in [2.05, 4.69) is 57.0 Å². The van der Waals surface area contributed by atoms with Crippen LogP contribution < -0.4 is 10.6 Å². The molecule has 0 aliphatic carbocycles. The van der Waals surface area contributed by atoms with Crippen molar-refractivity contribution in [2.45, 2.75) is 43.3 Å². The predicted molar refractivity (Wildman–Crippen MR) is 119 cm³/mol. The lowest BCUT2D eigenvalue weighted by atomic mass is 10.2. The minimum atomic E-state index is 0. The molecule has 26 heavy (non-hydrogen) atoms. The molecule has 0 fully saturated rings. The van der Waals surface area contributed by atoms with Crippen molar-refractivity contribution in [3.05, 3.63) is 42.0 Å². The van der Waals surface area contributed by atoms with Gasteiger partial charge in [-0.2, -0.15) is 4.98 Å². The van der Waals surface area contributed by atoms with Crippen molar-refractivity contribution in [1.29, 1.82) is 0 Å². The molecule has 0 spiro atoms. The number of hydrogen-bond donors (Lipinski definition) is 2. The number of halogens is 1. The number of aliphatic imine (C=N–C) groups is 1. The molecular formula is C18H28IN5OS. The Labute approximate surface area is 177 Å².